The lowest BCUT2D eigenvalue weighted by Gasteiger charge is -2.28. The molecule has 1 atom stereocenters. The zero-order valence-electron chi connectivity index (χ0n) is 12.2. The number of hydrogen-bond acceptors (Lipinski definition) is 4. The zero-order valence-corrected chi connectivity index (χ0v) is 12.2. The molecule has 1 saturated carbocycles. The molecule has 5 nitrogen and oxygen atoms in total. The van der Waals surface area contributed by atoms with Gasteiger partial charge in [0.2, 0.25) is 5.91 Å². The van der Waals surface area contributed by atoms with Gasteiger partial charge in [-0.15, -0.1) is 0 Å². The molecule has 20 heavy (non-hydrogen) atoms. The summed E-state index contributed by atoms with van der Waals surface area (Å²) in [6.45, 7) is 1.85. The molecule has 0 heterocycles. The molecule has 0 bridgehead atoms. The van der Waals surface area contributed by atoms with Crippen LogP contribution in [0.15, 0.2) is 18.2 Å². The Morgan fingerprint density at radius 2 is 2.00 bits per heavy atom. The molecule has 1 aromatic carbocycles. The Labute approximate surface area is 119 Å². The van der Waals surface area contributed by atoms with E-state index < -0.39 is 5.54 Å². The van der Waals surface area contributed by atoms with Crippen LogP contribution in [0.2, 0.25) is 0 Å². The molecular weight excluding hydrogens is 256 g/mol. The molecule has 110 valence electrons. The first kappa shape index (κ1) is 14.7. The van der Waals surface area contributed by atoms with Crippen molar-refractivity contribution in [3.05, 3.63) is 23.8 Å². The van der Waals surface area contributed by atoms with Crippen molar-refractivity contribution in [3.8, 4) is 11.5 Å². The Bertz CT molecular complexity index is 500. The molecule has 0 saturated heterocycles. The zero-order chi connectivity index (χ0) is 14.8. The fourth-order valence-corrected chi connectivity index (χ4v) is 2.29. The first-order valence-electron chi connectivity index (χ1n) is 6.77. The fourth-order valence-electron chi connectivity index (χ4n) is 2.29. The van der Waals surface area contributed by atoms with Gasteiger partial charge in [0, 0.05) is 6.04 Å². The van der Waals surface area contributed by atoms with Crippen molar-refractivity contribution in [3.63, 3.8) is 0 Å². The summed E-state index contributed by atoms with van der Waals surface area (Å²) in [7, 11) is 3.19. The van der Waals surface area contributed by atoms with Crippen molar-refractivity contribution < 1.29 is 14.3 Å². The summed E-state index contributed by atoms with van der Waals surface area (Å²) in [5.41, 5.74) is 5.81. The first-order valence-corrected chi connectivity index (χ1v) is 6.77. The van der Waals surface area contributed by atoms with Crippen LogP contribution >= 0.6 is 0 Å². The summed E-state index contributed by atoms with van der Waals surface area (Å²) < 4.78 is 10.5. The van der Waals surface area contributed by atoms with Gasteiger partial charge in [0.1, 0.15) is 0 Å². The molecule has 0 radical (unpaired) electrons. The molecule has 3 N–H and O–H groups in total. The van der Waals surface area contributed by atoms with E-state index in [1.807, 2.05) is 25.1 Å². The molecule has 1 amide bonds. The van der Waals surface area contributed by atoms with Crippen LogP contribution in [0.1, 0.15) is 25.3 Å². The Morgan fingerprint density at radius 3 is 2.50 bits per heavy atom. The van der Waals surface area contributed by atoms with Gasteiger partial charge < -0.3 is 20.5 Å². The van der Waals surface area contributed by atoms with Gasteiger partial charge in [-0.2, -0.15) is 0 Å². The van der Waals surface area contributed by atoms with Gasteiger partial charge in [-0.25, -0.2) is 0 Å². The molecular formula is C15H22N2O3. The number of amides is 1. The van der Waals surface area contributed by atoms with Gasteiger partial charge in [-0.1, -0.05) is 6.07 Å². The molecule has 1 fully saturated rings. The number of nitrogens with two attached hydrogens (primary N) is 1. The summed E-state index contributed by atoms with van der Waals surface area (Å²) in [6.07, 6.45) is 2.74. The topological polar surface area (TPSA) is 73.6 Å². The normalized spacial score (nSPS) is 17.4. The highest BCUT2D eigenvalue weighted by Gasteiger charge is 2.37. The Balaban J connectivity index is 2.19. The van der Waals surface area contributed by atoms with E-state index in [1.54, 1.807) is 14.2 Å². The number of hydrogen-bond donors (Lipinski definition) is 2. The lowest BCUT2D eigenvalue weighted by molar-refractivity contribution is -0.123. The van der Waals surface area contributed by atoms with Crippen LogP contribution in [0.4, 0.5) is 0 Å². The predicted octanol–water partition coefficient (Wildman–Crippen LogP) is 1.24. The monoisotopic (exact) mass is 278 g/mol. The third-order valence-electron chi connectivity index (χ3n) is 3.65. The highest BCUT2D eigenvalue weighted by molar-refractivity contribution is 5.84. The number of carbonyl (C=O) groups excluding carboxylic acids is 1. The van der Waals surface area contributed by atoms with Crippen LogP contribution < -0.4 is 20.5 Å². The third kappa shape index (κ3) is 3.22. The fraction of sp³-hybridized carbons (Fsp3) is 0.533. The van der Waals surface area contributed by atoms with Crippen LogP contribution in [0.5, 0.6) is 11.5 Å². The van der Waals surface area contributed by atoms with Gasteiger partial charge in [-0.3, -0.25) is 4.79 Å². The van der Waals surface area contributed by atoms with Gasteiger partial charge in [-0.05, 0) is 43.9 Å². The van der Waals surface area contributed by atoms with Crippen molar-refractivity contribution in [2.75, 3.05) is 14.2 Å². The molecule has 1 unspecified atom stereocenters. The molecule has 1 aliphatic carbocycles. The van der Waals surface area contributed by atoms with Crippen LogP contribution in [0.25, 0.3) is 0 Å². The Kier molecular flexibility index (Phi) is 4.18. The van der Waals surface area contributed by atoms with Crippen LogP contribution in [0, 0.1) is 0 Å². The summed E-state index contributed by atoms with van der Waals surface area (Å²) in [6, 6.07) is 6.06. The van der Waals surface area contributed by atoms with E-state index in [-0.39, 0.29) is 5.91 Å². The second-order valence-electron chi connectivity index (χ2n) is 5.48. The maximum atomic E-state index is 11.8. The molecule has 1 aromatic rings. The van der Waals surface area contributed by atoms with Crippen LogP contribution in [0.3, 0.4) is 0 Å². The highest BCUT2D eigenvalue weighted by Crippen LogP contribution is 2.30. The SMILES string of the molecule is COc1ccc(CC(C)(NC2CC2)C(N)=O)cc1OC. The van der Waals surface area contributed by atoms with E-state index in [2.05, 4.69) is 5.32 Å². The quantitative estimate of drug-likeness (QED) is 0.787. The summed E-state index contributed by atoms with van der Waals surface area (Å²) >= 11 is 0. The predicted molar refractivity (Wildman–Crippen MR) is 77.0 cm³/mol. The van der Waals surface area contributed by atoms with E-state index in [4.69, 9.17) is 15.2 Å². The Morgan fingerprint density at radius 1 is 1.35 bits per heavy atom. The third-order valence-corrected chi connectivity index (χ3v) is 3.65. The van der Waals surface area contributed by atoms with Crippen molar-refractivity contribution in [1.29, 1.82) is 0 Å². The summed E-state index contributed by atoms with van der Waals surface area (Å²) in [4.78, 5) is 11.8. The Hall–Kier alpha value is -1.75. The average Bonchev–Trinajstić information content (AvgIpc) is 3.22. The van der Waals surface area contributed by atoms with E-state index in [0.717, 1.165) is 18.4 Å². The number of carbonyl (C=O) groups is 1. The largest absolute Gasteiger partial charge is 0.493 e. The second kappa shape index (κ2) is 5.71. The van der Waals surface area contributed by atoms with E-state index >= 15 is 0 Å². The lowest BCUT2D eigenvalue weighted by Crippen LogP contribution is -2.55. The van der Waals surface area contributed by atoms with E-state index in [1.165, 1.54) is 0 Å². The average molecular weight is 278 g/mol. The molecule has 2 rings (SSSR count). The van der Waals surface area contributed by atoms with Crippen molar-refractivity contribution in [1.82, 2.24) is 5.32 Å². The minimum absolute atomic E-state index is 0.334. The number of rotatable bonds is 7. The lowest BCUT2D eigenvalue weighted by atomic mass is 9.91. The summed E-state index contributed by atoms with van der Waals surface area (Å²) in [5, 5.41) is 3.33. The maximum Gasteiger partial charge on any atom is 0.237 e. The first-order chi connectivity index (χ1) is 9.48. The highest BCUT2D eigenvalue weighted by atomic mass is 16.5. The smallest absolute Gasteiger partial charge is 0.237 e. The van der Waals surface area contributed by atoms with Crippen LogP contribution in [-0.2, 0) is 11.2 Å². The minimum atomic E-state index is -0.735. The molecule has 0 aliphatic heterocycles. The van der Waals surface area contributed by atoms with Crippen LogP contribution in [-0.4, -0.2) is 31.7 Å². The maximum absolute atomic E-state index is 11.8. The second-order valence-corrected chi connectivity index (χ2v) is 5.48. The standard InChI is InChI=1S/C15H22N2O3/c1-15(14(16)18,17-11-5-6-11)9-10-4-7-12(19-2)13(8-10)20-3/h4,7-8,11,17H,5-6,9H2,1-3H3,(H2,16,18). The number of benzene rings is 1. The van der Waals surface area contributed by atoms with E-state index in [0.29, 0.717) is 24.0 Å². The minimum Gasteiger partial charge on any atom is -0.493 e. The van der Waals surface area contributed by atoms with Gasteiger partial charge in [0.25, 0.3) is 0 Å². The molecule has 1 aliphatic rings. The van der Waals surface area contributed by atoms with Gasteiger partial charge >= 0.3 is 0 Å². The number of ether oxygens (including phenoxy) is 2. The van der Waals surface area contributed by atoms with Gasteiger partial charge in [0.15, 0.2) is 11.5 Å². The van der Waals surface area contributed by atoms with Crippen molar-refractivity contribution in [2.24, 2.45) is 5.73 Å². The molecule has 0 aromatic heterocycles. The molecule has 5 heteroatoms. The van der Waals surface area contributed by atoms with Gasteiger partial charge in [0.05, 0.1) is 19.8 Å². The van der Waals surface area contributed by atoms with Crippen molar-refractivity contribution in [2.45, 2.75) is 37.8 Å². The number of methoxy groups -OCH3 is 2. The number of primary amides is 1. The van der Waals surface area contributed by atoms with Crippen molar-refractivity contribution >= 4 is 5.91 Å². The number of nitrogens with one attached hydrogen (secondary N) is 1. The van der Waals surface area contributed by atoms with E-state index in [9.17, 15) is 4.79 Å². The summed E-state index contributed by atoms with van der Waals surface area (Å²) in [5.74, 6) is 0.995. The molecule has 0 spiro atoms.